The van der Waals surface area contributed by atoms with Gasteiger partial charge in [-0.2, -0.15) is 0 Å². The number of ketones is 1. The van der Waals surface area contributed by atoms with Crippen molar-refractivity contribution in [3.8, 4) is 23.0 Å². The lowest BCUT2D eigenvalue weighted by molar-refractivity contribution is -0.140. The maximum Gasteiger partial charge on any atom is 0.295 e. The Morgan fingerprint density at radius 1 is 0.947 bits per heavy atom. The highest BCUT2D eigenvalue weighted by atomic mass is 16.6. The summed E-state index contributed by atoms with van der Waals surface area (Å²) in [6.07, 6.45) is 3.25. The zero-order valence-electron chi connectivity index (χ0n) is 21.2. The van der Waals surface area contributed by atoms with E-state index >= 15 is 0 Å². The maximum absolute atomic E-state index is 13.4. The van der Waals surface area contributed by atoms with Crippen LogP contribution in [0, 0.1) is 0 Å². The number of aliphatic hydroxyl groups is 1. The molecular weight excluding hydrogens is 488 g/mol. The summed E-state index contributed by atoms with van der Waals surface area (Å²) in [5.41, 5.74) is 1.72. The molecule has 1 unspecified atom stereocenters. The topological polar surface area (TPSA) is 107 Å². The molecule has 5 rings (SSSR count). The Morgan fingerprint density at radius 3 is 2.39 bits per heavy atom. The Morgan fingerprint density at radius 2 is 1.66 bits per heavy atom. The van der Waals surface area contributed by atoms with Gasteiger partial charge in [0.2, 0.25) is 0 Å². The summed E-state index contributed by atoms with van der Waals surface area (Å²) in [7, 11) is 0. The van der Waals surface area contributed by atoms with Gasteiger partial charge in [0.25, 0.3) is 11.7 Å². The summed E-state index contributed by atoms with van der Waals surface area (Å²) in [5, 5.41) is 11.5. The third-order valence-corrected chi connectivity index (χ3v) is 6.34. The minimum atomic E-state index is -0.869. The number of fused-ring (bicyclic) bond motifs is 1. The van der Waals surface area contributed by atoms with Crippen LogP contribution in [0.3, 0.4) is 0 Å². The van der Waals surface area contributed by atoms with E-state index in [2.05, 4.69) is 4.98 Å². The molecule has 2 aliphatic heterocycles. The first-order chi connectivity index (χ1) is 18.5. The molecule has 38 heavy (non-hydrogen) atoms. The van der Waals surface area contributed by atoms with E-state index in [0.717, 1.165) is 5.56 Å². The molecule has 3 aromatic rings. The minimum absolute atomic E-state index is 0.0210. The van der Waals surface area contributed by atoms with Gasteiger partial charge in [-0.3, -0.25) is 14.6 Å². The van der Waals surface area contributed by atoms with Gasteiger partial charge in [0, 0.05) is 24.5 Å². The summed E-state index contributed by atoms with van der Waals surface area (Å²) in [6.45, 7) is 5.54. The van der Waals surface area contributed by atoms with Crippen molar-refractivity contribution in [2.24, 2.45) is 0 Å². The van der Waals surface area contributed by atoms with Crippen molar-refractivity contribution in [1.29, 1.82) is 0 Å². The smallest absolute Gasteiger partial charge is 0.295 e. The number of Topliss-reactive ketones (excluding diaryl/α,β-unsaturated/α-hetero) is 1. The lowest BCUT2D eigenvalue weighted by Crippen LogP contribution is -2.29. The SMILES string of the molecule is CCOc1ccc(C2/C(=C(\O)c3ccc4c(c3)OCCO4)C(=O)C(=O)N2Cc2ccncc2)cc1OCC. The lowest BCUT2D eigenvalue weighted by Gasteiger charge is -2.26. The van der Waals surface area contributed by atoms with Crippen molar-refractivity contribution < 1.29 is 33.6 Å². The van der Waals surface area contributed by atoms with Crippen molar-refractivity contribution in [3.05, 3.63) is 83.2 Å². The van der Waals surface area contributed by atoms with Crippen molar-refractivity contribution in [2.45, 2.75) is 26.4 Å². The summed E-state index contributed by atoms with van der Waals surface area (Å²) < 4.78 is 22.7. The molecule has 0 spiro atoms. The normalized spacial score (nSPS) is 17.9. The summed E-state index contributed by atoms with van der Waals surface area (Å²) in [5.74, 6) is 0.269. The summed E-state index contributed by atoms with van der Waals surface area (Å²) in [6, 6.07) is 12.9. The molecule has 1 N–H and O–H groups in total. The number of rotatable bonds is 8. The molecule has 1 fully saturated rings. The Labute approximate surface area is 220 Å². The van der Waals surface area contributed by atoms with Crippen molar-refractivity contribution >= 4 is 17.4 Å². The largest absolute Gasteiger partial charge is 0.507 e. The molecule has 1 atom stereocenters. The first-order valence-corrected chi connectivity index (χ1v) is 12.5. The maximum atomic E-state index is 13.4. The van der Waals surface area contributed by atoms with E-state index < -0.39 is 17.7 Å². The van der Waals surface area contributed by atoms with Gasteiger partial charge < -0.3 is 29.0 Å². The van der Waals surface area contributed by atoms with E-state index in [1.54, 1.807) is 60.9 Å². The van der Waals surface area contributed by atoms with Crippen LogP contribution in [-0.4, -0.2) is 53.1 Å². The lowest BCUT2D eigenvalue weighted by atomic mass is 9.94. The van der Waals surface area contributed by atoms with Gasteiger partial charge in [-0.15, -0.1) is 0 Å². The van der Waals surface area contributed by atoms with E-state index in [0.29, 0.717) is 60.6 Å². The Hall–Kier alpha value is -4.53. The first-order valence-electron chi connectivity index (χ1n) is 12.5. The van der Waals surface area contributed by atoms with E-state index in [4.69, 9.17) is 18.9 Å². The number of likely N-dealkylation sites (tertiary alicyclic amines) is 1. The molecule has 1 saturated heterocycles. The predicted molar refractivity (Wildman–Crippen MR) is 138 cm³/mol. The number of nitrogens with zero attached hydrogens (tertiary/aromatic N) is 2. The van der Waals surface area contributed by atoms with Gasteiger partial charge in [0.15, 0.2) is 23.0 Å². The van der Waals surface area contributed by atoms with E-state index in [-0.39, 0.29) is 17.9 Å². The van der Waals surface area contributed by atoms with Crippen LogP contribution in [-0.2, 0) is 16.1 Å². The summed E-state index contributed by atoms with van der Waals surface area (Å²) in [4.78, 5) is 32.3. The molecule has 3 heterocycles. The minimum Gasteiger partial charge on any atom is -0.507 e. The Bertz CT molecular complexity index is 1390. The highest BCUT2D eigenvalue weighted by molar-refractivity contribution is 6.46. The van der Waals surface area contributed by atoms with Gasteiger partial charge >= 0.3 is 0 Å². The number of pyridine rings is 1. The molecule has 0 bridgehead atoms. The molecule has 0 saturated carbocycles. The average molecular weight is 517 g/mol. The zero-order valence-corrected chi connectivity index (χ0v) is 21.2. The molecule has 2 aliphatic rings. The average Bonchev–Trinajstić information content (AvgIpc) is 3.19. The number of benzene rings is 2. The van der Waals surface area contributed by atoms with Crippen molar-refractivity contribution in [3.63, 3.8) is 0 Å². The number of aliphatic hydroxyl groups excluding tert-OH is 1. The van der Waals surface area contributed by atoms with Crippen LogP contribution in [0.5, 0.6) is 23.0 Å². The second-order valence-corrected chi connectivity index (χ2v) is 8.71. The number of amides is 1. The molecule has 0 radical (unpaired) electrons. The standard InChI is InChI=1S/C29H28N2O7/c1-3-35-21-7-5-19(15-23(21)36-4-2)26-25(27(32)20-6-8-22-24(16-20)38-14-13-37-22)28(33)29(34)31(26)17-18-9-11-30-12-10-18/h5-12,15-16,26,32H,3-4,13-14,17H2,1-2H3/b27-25+. The number of ether oxygens (including phenoxy) is 4. The monoisotopic (exact) mass is 516 g/mol. The van der Waals surface area contributed by atoms with Crippen LogP contribution < -0.4 is 18.9 Å². The highest BCUT2D eigenvalue weighted by Gasteiger charge is 2.46. The number of hydrogen-bond donors (Lipinski definition) is 1. The molecular formula is C29H28N2O7. The molecule has 1 amide bonds. The fourth-order valence-corrected chi connectivity index (χ4v) is 4.66. The predicted octanol–water partition coefficient (Wildman–Crippen LogP) is 4.27. The van der Waals surface area contributed by atoms with E-state index in [1.807, 2.05) is 13.8 Å². The highest BCUT2D eigenvalue weighted by Crippen LogP contribution is 2.43. The van der Waals surface area contributed by atoms with Crippen LogP contribution >= 0.6 is 0 Å². The van der Waals surface area contributed by atoms with Crippen LogP contribution in [0.15, 0.2) is 66.5 Å². The molecule has 0 aliphatic carbocycles. The fraction of sp³-hybridized carbons (Fsp3) is 0.276. The van der Waals surface area contributed by atoms with Crippen molar-refractivity contribution in [1.82, 2.24) is 9.88 Å². The van der Waals surface area contributed by atoms with Crippen LogP contribution in [0.25, 0.3) is 5.76 Å². The van der Waals surface area contributed by atoms with Crippen LogP contribution in [0.1, 0.15) is 36.6 Å². The second kappa shape index (κ2) is 10.8. The third-order valence-electron chi connectivity index (χ3n) is 6.34. The first kappa shape index (κ1) is 25.1. The fourth-order valence-electron chi connectivity index (χ4n) is 4.66. The Kier molecular flexibility index (Phi) is 7.17. The van der Waals surface area contributed by atoms with Gasteiger partial charge in [-0.05, 0) is 67.4 Å². The molecule has 2 aromatic carbocycles. The van der Waals surface area contributed by atoms with Crippen molar-refractivity contribution in [2.75, 3.05) is 26.4 Å². The van der Waals surface area contributed by atoms with Crippen LogP contribution in [0.2, 0.25) is 0 Å². The molecule has 1 aromatic heterocycles. The second-order valence-electron chi connectivity index (χ2n) is 8.71. The van der Waals surface area contributed by atoms with E-state index in [9.17, 15) is 14.7 Å². The van der Waals surface area contributed by atoms with Crippen LogP contribution in [0.4, 0.5) is 0 Å². The number of hydrogen-bond acceptors (Lipinski definition) is 8. The number of carbonyl (C=O) groups excluding carboxylic acids is 2. The van der Waals surface area contributed by atoms with Gasteiger partial charge in [-0.25, -0.2) is 0 Å². The molecule has 196 valence electrons. The van der Waals surface area contributed by atoms with Gasteiger partial charge in [-0.1, -0.05) is 6.07 Å². The number of aromatic nitrogens is 1. The molecule has 9 heteroatoms. The van der Waals surface area contributed by atoms with Gasteiger partial charge in [0.1, 0.15) is 19.0 Å². The van der Waals surface area contributed by atoms with E-state index in [1.165, 1.54) is 4.90 Å². The number of carbonyl (C=O) groups is 2. The molecule has 9 nitrogen and oxygen atoms in total. The zero-order chi connectivity index (χ0) is 26.6. The quantitative estimate of drug-likeness (QED) is 0.269. The van der Waals surface area contributed by atoms with Gasteiger partial charge in [0.05, 0.1) is 24.8 Å². The third kappa shape index (κ3) is 4.74. The Balaban J connectivity index is 1.65. The summed E-state index contributed by atoms with van der Waals surface area (Å²) >= 11 is 0.